The van der Waals surface area contributed by atoms with Crippen LogP contribution in [0.15, 0.2) is 36.5 Å². The number of likely N-dealkylation sites (tertiary alicyclic amines) is 1. The van der Waals surface area contributed by atoms with Gasteiger partial charge in [-0.3, -0.25) is 4.79 Å². The van der Waals surface area contributed by atoms with E-state index in [1.165, 1.54) is 0 Å². The smallest absolute Gasteiger partial charge is 0.242 e. The Bertz CT molecular complexity index is 555. The van der Waals surface area contributed by atoms with Gasteiger partial charge in [0.2, 0.25) is 5.91 Å². The number of fused-ring (bicyclic) bond motifs is 1. The fourth-order valence-corrected chi connectivity index (χ4v) is 2.18. The summed E-state index contributed by atoms with van der Waals surface area (Å²) in [6, 6.07) is 10.0. The van der Waals surface area contributed by atoms with Crippen molar-refractivity contribution in [3.63, 3.8) is 0 Å². The van der Waals surface area contributed by atoms with Crippen LogP contribution in [0.5, 0.6) is 0 Å². The van der Waals surface area contributed by atoms with E-state index >= 15 is 0 Å². The molecule has 0 unspecified atom stereocenters. The molecule has 1 saturated heterocycles. The zero-order chi connectivity index (χ0) is 11.8. The number of para-hydroxylation sites is 1. The lowest BCUT2D eigenvalue weighted by Crippen LogP contribution is -2.54. The van der Waals surface area contributed by atoms with Gasteiger partial charge in [0.15, 0.2) is 0 Å². The van der Waals surface area contributed by atoms with E-state index in [0.717, 1.165) is 10.9 Å². The van der Waals surface area contributed by atoms with Crippen molar-refractivity contribution in [2.24, 2.45) is 0 Å². The first-order chi connectivity index (χ1) is 8.24. The van der Waals surface area contributed by atoms with Crippen molar-refractivity contribution in [1.82, 2.24) is 9.47 Å². The Hall–Kier alpha value is -1.81. The lowest BCUT2D eigenvalue weighted by Gasteiger charge is -2.36. The standard InChI is InChI=1S/C13H14N2O2/c16-11-7-15(8-11)13(17)9-14-6-5-10-3-1-2-4-12(10)14/h1-6,11,16H,7-9H2. The molecule has 1 fully saturated rings. The number of carbonyl (C=O) groups is 1. The number of carbonyl (C=O) groups excluding carboxylic acids is 1. The van der Waals surface area contributed by atoms with Gasteiger partial charge in [0, 0.05) is 24.8 Å². The zero-order valence-corrected chi connectivity index (χ0v) is 9.41. The number of amides is 1. The molecule has 2 aromatic rings. The van der Waals surface area contributed by atoms with Gasteiger partial charge in [-0.05, 0) is 17.5 Å². The third-order valence-electron chi connectivity index (χ3n) is 3.20. The molecule has 88 valence electrons. The first-order valence-electron chi connectivity index (χ1n) is 5.74. The SMILES string of the molecule is O=C(Cn1ccc2ccccc21)N1CC(O)C1. The predicted octanol–water partition coefficient (Wildman–Crippen LogP) is 0.844. The highest BCUT2D eigenvalue weighted by Gasteiger charge is 2.28. The van der Waals surface area contributed by atoms with Crippen molar-refractivity contribution in [2.75, 3.05) is 13.1 Å². The molecule has 1 aliphatic heterocycles. The number of aliphatic hydroxyl groups excluding tert-OH is 1. The first kappa shape index (κ1) is 10.4. The first-order valence-corrected chi connectivity index (χ1v) is 5.74. The van der Waals surface area contributed by atoms with Gasteiger partial charge in [0.25, 0.3) is 0 Å². The van der Waals surface area contributed by atoms with Gasteiger partial charge >= 0.3 is 0 Å². The van der Waals surface area contributed by atoms with Crippen molar-refractivity contribution >= 4 is 16.8 Å². The van der Waals surface area contributed by atoms with E-state index in [2.05, 4.69) is 0 Å². The van der Waals surface area contributed by atoms with Crippen LogP contribution in [0.4, 0.5) is 0 Å². The molecule has 0 bridgehead atoms. The average molecular weight is 230 g/mol. The van der Waals surface area contributed by atoms with Gasteiger partial charge in [-0.15, -0.1) is 0 Å². The van der Waals surface area contributed by atoms with Crippen LogP contribution in [-0.4, -0.2) is 39.7 Å². The summed E-state index contributed by atoms with van der Waals surface area (Å²) in [5.74, 6) is 0.0663. The maximum Gasteiger partial charge on any atom is 0.242 e. The Kier molecular flexibility index (Phi) is 2.37. The topological polar surface area (TPSA) is 45.5 Å². The predicted molar refractivity (Wildman–Crippen MR) is 64.5 cm³/mol. The van der Waals surface area contributed by atoms with Crippen LogP contribution in [0.3, 0.4) is 0 Å². The minimum absolute atomic E-state index is 0.0663. The third-order valence-corrected chi connectivity index (χ3v) is 3.20. The highest BCUT2D eigenvalue weighted by atomic mass is 16.3. The molecule has 1 aromatic heterocycles. The summed E-state index contributed by atoms with van der Waals surface area (Å²) < 4.78 is 1.95. The monoisotopic (exact) mass is 230 g/mol. The number of hydrogen-bond acceptors (Lipinski definition) is 2. The summed E-state index contributed by atoms with van der Waals surface area (Å²) in [5, 5.41) is 10.3. The van der Waals surface area contributed by atoms with E-state index in [1.807, 2.05) is 41.1 Å². The second kappa shape index (κ2) is 3.89. The number of benzene rings is 1. The second-order valence-electron chi connectivity index (χ2n) is 4.45. The van der Waals surface area contributed by atoms with Gasteiger partial charge in [-0.1, -0.05) is 18.2 Å². The fraction of sp³-hybridized carbons (Fsp3) is 0.308. The van der Waals surface area contributed by atoms with Crippen LogP contribution in [-0.2, 0) is 11.3 Å². The Labute approximate surface area is 99.1 Å². The minimum atomic E-state index is -0.333. The molecular formula is C13H14N2O2. The summed E-state index contributed by atoms with van der Waals surface area (Å²) in [6.07, 6.45) is 1.60. The average Bonchev–Trinajstić information content (AvgIpc) is 2.69. The number of aromatic nitrogens is 1. The molecular weight excluding hydrogens is 216 g/mol. The van der Waals surface area contributed by atoms with Crippen LogP contribution < -0.4 is 0 Å². The maximum absolute atomic E-state index is 11.9. The highest BCUT2D eigenvalue weighted by molar-refractivity contribution is 5.83. The normalized spacial score (nSPS) is 16.2. The molecule has 1 aromatic carbocycles. The van der Waals surface area contributed by atoms with Crippen molar-refractivity contribution in [3.05, 3.63) is 36.5 Å². The molecule has 0 saturated carbocycles. The van der Waals surface area contributed by atoms with E-state index in [-0.39, 0.29) is 12.0 Å². The summed E-state index contributed by atoms with van der Waals surface area (Å²) in [4.78, 5) is 13.6. The number of nitrogens with zero attached hydrogens (tertiary/aromatic N) is 2. The van der Waals surface area contributed by atoms with Crippen LogP contribution in [0.2, 0.25) is 0 Å². The Balaban J connectivity index is 1.78. The van der Waals surface area contributed by atoms with Crippen LogP contribution in [0.25, 0.3) is 10.9 Å². The molecule has 3 rings (SSSR count). The molecule has 4 nitrogen and oxygen atoms in total. The molecule has 2 heterocycles. The quantitative estimate of drug-likeness (QED) is 0.831. The van der Waals surface area contributed by atoms with E-state index in [9.17, 15) is 4.79 Å². The summed E-state index contributed by atoms with van der Waals surface area (Å²) in [5.41, 5.74) is 1.07. The molecule has 4 heteroatoms. The van der Waals surface area contributed by atoms with Gasteiger partial charge in [0.1, 0.15) is 6.54 Å². The Morgan fingerprint density at radius 1 is 1.29 bits per heavy atom. The second-order valence-corrected chi connectivity index (χ2v) is 4.45. The molecule has 0 radical (unpaired) electrons. The van der Waals surface area contributed by atoms with E-state index in [0.29, 0.717) is 19.6 Å². The zero-order valence-electron chi connectivity index (χ0n) is 9.41. The molecule has 0 aliphatic carbocycles. The summed E-state index contributed by atoms with van der Waals surface area (Å²) in [7, 11) is 0. The van der Waals surface area contributed by atoms with Crippen LogP contribution in [0.1, 0.15) is 0 Å². The van der Waals surface area contributed by atoms with E-state index in [1.54, 1.807) is 4.90 Å². The van der Waals surface area contributed by atoms with E-state index in [4.69, 9.17) is 5.11 Å². The molecule has 0 spiro atoms. The summed E-state index contributed by atoms with van der Waals surface area (Å²) in [6.45, 7) is 1.29. The molecule has 1 N–H and O–H groups in total. The van der Waals surface area contributed by atoms with Gasteiger partial charge < -0.3 is 14.6 Å². The van der Waals surface area contributed by atoms with Crippen molar-refractivity contribution < 1.29 is 9.90 Å². The largest absolute Gasteiger partial charge is 0.389 e. The minimum Gasteiger partial charge on any atom is -0.389 e. The number of hydrogen-bond donors (Lipinski definition) is 1. The third kappa shape index (κ3) is 1.80. The van der Waals surface area contributed by atoms with Gasteiger partial charge in [-0.2, -0.15) is 0 Å². The van der Waals surface area contributed by atoms with Crippen molar-refractivity contribution in [3.8, 4) is 0 Å². The molecule has 1 amide bonds. The highest BCUT2D eigenvalue weighted by Crippen LogP contribution is 2.16. The van der Waals surface area contributed by atoms with Crippen LogP contribution in [0, 0.1) is 0 Å². The number of rotatable bonds is 2. The van der Waals surface area contributed by atoms with Gasteiger partial charge in [-0.25, -0.2) is 0 Å². The van der Waals surface area contributed by atoms with Crippen molar-refractivity contribution in [2.45, 2.75) is 12.6 Å². The van der Waals surface area contributed by atoms with Crippen LogP contribution >= 0.6 is 0 Å². The Morgan fingerprint density at radius 3 is 2.82 bits per heavy atom. The Morgan fingerprint density at radius 2 is 2.06 bits per heavy atom. The van der Waals surface area contributed by atoms with Crippen molar-refractivity contribution in [1.29, 1.82) is 0 Å². The van der Waals surface area contributed by atoms with E-state index < -0.39 is 0 Å². The number of aliphatic hydroxyl groups is 1. The fourth-order valence-electron chi connectivity index (χ4n) is 2.18. The molecule has 0 atom stereocenters. The lowest BCUT2D eigenvalue weighted by molar-refractivity contribution is -0.141. The van der Waals surface area contributed by atoms with Gasteiger partial charge in [0.05, 0.1) is 6.10 Å². The number of β-amino-alcohol motifs (C(OH)–C–C–N with tert-alkyl or cyclic N) is 1. The molecule has 1 aliphatic rings. The summed E-state index contributed by atoms with van der Waals surface area (Å²) >= 11 is 0. The lowest BCUT2D eigenvalue weighted by atomic mass is 10.2. The maximum atomic E-state index is 11.9. The molecule has 17 heavy (non-hydrogen) atoms.